The molecule has 7 heteroatoms. The Hall–Kier alpha value is -3.58. The summed E-state index contributed by atoms with van der Waals surface area (Å²) in [5, 5.41) is 4.76. The molecule has 0 radical (unpaired) electrons. The SMILES string of the molecule is C=N/C=C1\C(=N/Nc2ccc(N3CCN(C)CC3)cc2)N(C)c2ccccc2C(=C)N1C. The zero-order chi connectivity index (χ0) is 22.7. The van der Waals surface area contributed by atoms with Gasteiger partial charge in [0.25, 0.3) is 0 Å². The van der Waals surface area contributed by atoms with E-state index in [1.807, 2.05) is 36.0 Å². The average molecular weight is 430 g/mol. The van der Waals surface area contributed by atoms with Crippen molar-refractivity contribution >= 4 is 35.3 Å². The highest BCUT2D eigenvalue weighted by atomic mass is 15.4. The molecule has 0 unspecified atom stereocenters. The maximum Gasteiger partial charge on any atom is 0.178 e. The number of likely N-dealkylation sites (N-methyl/N-ethyl adjacent to an activating group) is 3. The van der Waals surface area contributed by atoms with E-state index in [1.165, 1.54) is 5.69 Å². The summed E-state index contributed by atoms with van der Waals surface area (Å²) in [5.74, 6) is 0.731. The van der Waals surface area contributed by atoms with E-state index < -0.39 is 0 Å². The van der Waals surface area contributed by atoms with E-state index in [0.717, 1.165) is 60.3 Å². The van der Waals surface area contributed by atoms with Crippen molar-refractivity contribution in [3.05, 3.63) is 72.6 Å². The Morgan fingerprint density at radius 2 is 1.59 bits per heavy atom. The molecule has 0 atom stereocenters. The van der Waals surface area contributed by atoms with E-state index >= 15 is 0 Å². The van der Waals surface area contributed by atoms with Crippen LogP contribution in [0, 0.1) is 0 Å². The largest absolute Gasteiger partial charge is 0.369 e. The van der Waals surface area contributed by atoms with Crippen molar-refractivity contribution in [2.45, 2.75) is 0 Å². The topological polar surface area (TPSA) is 49.7 Å². The molecule has 166 valence electrons. The average Bonchev–Trinajstić information content (AvgIpc) is 2.89. The number of piperazine rings is 1. The summed E-state index contributed by atoms with van der Waals surface area (Å²) in [7, 11) is 6.14. The Balaban J connectivity index is 1.60. The zero-order valence-corrected chi connectivity index (χ0v) is 19.1. The first-order chi connectivity index (χ1) is 15.5. The first-order valence-corrected chi connectivity index (χ1v) is 10.8. The third-order valence-corrected chi connectivity index (χ3v) is 6.13. The summed E-state index contributed by atoms with van der Waals surface area (Å²) in [6.45, 7) is 12.2. The molecule has 0 aliphatic carbocycles. The summed E-state index contributed by atoms with van der Waals surface area (Å²) >= 11 is 0. The molecule has 0 amide bonds. The van der Waals surface area contributed by atoms with Gasteiger partial charge in [-0.3, -0.25) is 10.4 Å². The fourth-order valence-corrected chi connectivity index (χ4v) is 4.06. The van der Waals surface area contributed by atoms with E-state index in [4.69, 9.17) is 5.10 Å². The molecule has 1 saturated heterocycles. The molecule has 0 bridgehead atoms. The van der Waals surface area contributed by atoms with Gasteiger partial charge in [0.2, 0.25) is 0 Å². The molecule has 1 fully saturated rings. The van der Waals surface area contributed by atoms with Gasteiger partial charge in [0.1, 0.15) is 5.70 Å². The second-order valence-corrected chi connectivity index (χ2v) is 8.16. The lowest BCUT2D eigenvalue weighted by Gasteiger charge is -2.34. The maximum atomic E-state index is 4.76. The number of nitrogens with zero attached hydrogens (tertiary/aromatic N) is 6. The van der Waals surface area contributed by atoms with Crippen molar-refractivity contribution in [3.63, 3.8) is 0 Å². The van der Waals surface area contributed by atoms with Crippen LogP contribution in [0.1, 0.15) is 5.56 Å². The van der Waals surface area contributed by atoms with Gasteiger partial charge in [-0.2, -0.15) is 5.10 Å². The van der Waals surface area contributed by atoms with E-state index in [9.17, 15) is 0 Å². The summed E-state index contributed by atoms with van der Waals surface area (Å²) in [6.07, 6.45) is 1.71. The highest BCUT2D eigenvalue weighted by Crippen LogP contribution is 2.34. The quantitative estimate of drug-likeness (QED) is 0.592. The van der Waals surface area contributed by atoms with Crippen molar-refractivity contribution in [1.82, 2.24) is 9.80 Å². The number of anilines is 3. The lowest BCUT2D eigenvalue weighted by Crippen LogP contribution is -2.44. The Morgan fingerprint density at radius 3 is 2.28 bits per heavy atom. The van der Waals surface area contributed by atoms with Gasteiger partial charge in [-0.15, -0.1) is 0 Å². The molecule has 7 nitrogen and oxygen atoms in total. The Bertz CT molecular complexity index is 1050. The number of rotatable bonds is 4. The third kappa shape index (κ3) is 4.24. The van der Waals surface area contributed by atoms with Crippen molar-refractivity contribution in [1.29, 1.82) is 0 Å². The molecule has 0 aromatic heterocycles. The monoisotopic (exact) mass is 429 g/mol. The first-order valence-electron chi connectivity index (χ1n) is 10.8. The fraction of sp³-hybridized carbons (Fsp3) is 0.280. The second kappa shape index (κ2) is 9.28. The normalized spacial score (nSPS) is 19.8. The van der Waals surface area contributed by atoms with Crippen molar-refractivity contribution in [2.24, 2.45) is 10.1 Å². The Kier molecular flexibility index (Phi) is 6.28. The van der Waals surface area contributed by atoms with Crippen LogP contribution in [-0.4, -0.2) is 69.7 Å². The van der Waals surface area contributed by atoms with Gasteiger partial charge in [-0.1, -0.05) is 24.8 Å². The Morgan fingerprint density at radius 1 is 0.906 bits per heavy atom. The van der Waals surface area contributed by atoms with E-state index in [1.54, 1.807) is 6.20 Å². The van der Waals surface area contributed by atoms with Crippen LogP contribution in [0.15, 0.2) is 77.1 Å². The summed E-state index contributed by atoms with van der Waals surface area (Å²) < 4.78 is 0. The highest BCUT2D eigenvalue weighted by molar-refractivity contribution is 6.12. The van der Waals surface area contributed by atoms with Crippen LogP contribution in [0.25, 0.3) is 5.70 Å². The summed E-state index contributed by atoms with van der Waals surface area (Å²) in [5.41, 5.74) is 9.16. The van der Waals surface area contributed by atoms with Crippen molar-refractivity contribution in [3.8, 4) is 0 Å². The van der Waals surface area contributed by atoms with Gasteiger partial charge < -0.3 is 19.6 Å². The zero-order valence-electron chi connectivity index (χ0n) is 19.1. The fourth-order valence-electron chi connectivity index (χ4n) is 4.06. The lowest BCUT2D eigenvalue weighted by molar-refractivity contribution is 0.313. The predicted octanol–water partition coefficient (Wildman–Crippen LogP) is 3.76. The smallest absolute Gasteiger partial charge is 0.178 e. The summed E-state index contributed by atoms with van der Waals surface area (Å²) in [6, 6.07) is 16.6. The molecular formula is C25H31N7. The third-order valence-electron chi connectivity index (χ3n) is 6.13. The van der Waals surface area contributed by atoms with Crippen LogP contribution in [-0.2, 0) is 0 Å². The molecule has 2 aliphatic rings. The van der Waals surface area contributed by atoms with E-state index in [0.29, 0.717) is 0 Å². The van der Waals surface area contributed by atoms with Gasteiger partial charge in [-0.05, 0) is 44.1 Å². The number of benzene rings is 2. The van der Waals surface area contributed by atoms with Crippen LogP contribution in [0.5, 0.6) is 0 Å². The first kappa shape index (κ1) is 21.6. The number of hydrazone groups is 1. The molecule has 1 N–H and O–H groups in total. The minimum absolute atomic E-state index is 0.731. The Labute approximate surface area is 190 Å². The molecule has 4 rings (SSSR count). The number of amidine groups is 1. The van der Waals surface area contributed by atoms with Gasteiger partial charge in [0.05, 0.1) is 17.6 Å². The standard InChI is InChI=1S/C25H31N7/c1-19-22-8-6-7-9-23(22)31(5)25(24(18-26-2)30(19)4)28-27-20-10-12-21(13-11-20)32-16-14-29(3)15-17-32/h6-13,18,27H,1-2,14-17H2,3-5H3/b24-18+,28-25+. The number of nitrogens with one attached hydrogen (secondary N) is 1. The van der Waals surface area contributed by atoms with Gasteiger partial charge >= 0.3 is 0 Å². The van der Waals surface area contributed by atoms with E-state index in [2.05, 4.69) is 77.0 Å². The van der Waals surface area contributed by atoms with Crippen LogP contribution in [0.3, 0.4) is 0 Å². The number of para-hydroxylation sites is 1. The minimum atomic E-state index is 0.731. The predicted molar refractivity (Wildman–Crippen MR) is 136 cm³/mol. The molecule has 0 spiro atoms. The molecule has 2 aliphatic heterocycles. The summed E-state index contributed by atoms with van der Waals surface area (Å²) in [4.78, 5) is 12.8. The molecule has 2 aromatic rings. The van der Waals surface area contributed by atoms with Crippen LogP contribution in [0.4, 0.5) is 17.1 Å². The van der Waals surface area contributed by atoms with Crippen LogP contribution in [0.2, 0.25) is 0 Å². The van der Waals surface area contributed by atoms with Crippen molar-refractivity contribution < 1.29 is 0 Å². The second-order valence-electron chi connectivity index (χ2n) is 8.16. The number of aliphatic imine (C=N–C) groups is 1. The highest BCUT2D eigenvalue weighted by Gasteiger charge is 2.27. The molecular weight excluding hydrogens is 398 g/mol. The van der Waals surface area contributed by atoms with Gasteiger partial charge in [0.15, 0.2) is 5.84 Å². The molecule has 2 aromatic carbocycles. The van der Waals surface area contributed by atoms with Crippen LogP contribution >= 0.6 is 0 Å². The maximum absolute atomic E-state index is 4.76. The molecule has 2 heterocycles. The molecule has 0 saturated carbocycles. The number of hydrogen-bond donors (Lipinski definition) is 1. The minimum Gasteiger partial charge on any atom is -0.369 e. The van der Waals surface area contributed by atoms with Crippen LogP contribution < -0.4 is 15.2 Å². The number of fused-ring (bicyclic) bond motifs is 1. The van der Waals surface area contributed by atoms with Crippen molar-refractivity contribution in [2.75, 3.05) is 62.5 Å². The van der Waals surface area contributed by atoms with Gasteiger partial charge in [-0.25, -0.2) is 0 Å². The number of hydrogen-bond acceptors (Lipinski definition) is 6. The van der Waals surface area contributed by atoms with E-state index in [-0.39, 0.29) is 0 Å². The van der Waals surface area contributed by atoms with Gasteiger partial charge in [0, 0.05) is 57.2 Å². The molecule has 32 heavy (non-hydrogen) atoms. The lowest BCUT2D eigenvalue weighted by atomic mass is 10.1.